The minimum atomic E-state index is -0.184. The van der Waals surface area contributed by atoms with Crippen molar-refractivity contribution in [3.8, 4) is 0 Å². The summed E-state index contributed by atoms with van der Waals surface area (Å²) in [6, 6.07) is 2.59. The number of carbonyl (C=O) groups is 1. The molecule has 0 spiro atoms. The van der Waals surface area contributed by atoms with E-state index in [9.17, 15) is 4.79 Å². The highest BCUT2D eigenvalue weighted by molar-refractivity contribution is 5.88. The topological polar surface area (TPSA) is 71.5 Å². The van der Waals surface area contributed by atoms with Crippen LogP contribution in [-0.4, -0.2) is 53.2 Å². The molecule has 4 atom stereocenters. The number of pyridine rings is 1. The van der Waals surface area contributed by atoms with Gasteiger partial charge in [0.1, 0.15) is 11.3 Å². The molecule has 2 aromatic heterocycles. The largest absolute Gasteiger partial charge is 0.466 e. The quantitative estimate of drug-likeness (QED) is 0.751. The Kier molecular flexibility index (Phi) is 3.91. The Hall–Kier alpha value is -2.44. The van der Waals surface area contributed by atoms with Gasteiger partial charge < -0.3 is 14.5 Å². The van der Waals surface area contributed by atoms with E-state index in [4.69, 9.17) is 9.72 Å². The van der Waals surface area contributed by atoms with Crippen molar-refractivity contribution < 1.29 is 9.53 Å². The molecule has 3 fully saturated rings. The van der Waals surface area contributed by atoms with Crippen LogP contribution >= 0.6 is 0 Å². The number of esters is 1. The number of fused-ring (bicyclic) bond motifs is 2. The molecule has 7 heteroatoms. The van der Waals surface area contributed by atoms with Gasteiger partial charge in [0, 0.05) is 51.1 Å². The maximum absolute atomic E-state index is 10.9. The Balaban J connectivity index is 1.33. The van der Waals surface area contributed by atoms with Crippen molar-refractivity contribution in [1.82, 2.24) is 15.0 Å². The van der Waals surface area contributed by atoms with Crippen LogP contribution in [0.3, 0.4) is 0 Å². The van der Waals surface area contributed by atoms with Crippen molar-refractivity contribution in [3.63, 3.8) is 0 Å². The first-order valence-corrected chi connectivity index (χ1v) is 9.88. The van der Waals surface area contributed by atoms with Crippen molar-refractivity contribution in [2.24, 2.45) is 17.8 Å². The molecule has 142 valence electrons. The first kappa shape index (κ1) is 16.7. The van der Waals surface area contributed by atoms with Gasteiger partial charge in [0.25, 0.3) is 0 Å². The number of carbonyl (C=O) groups excluding carboxylic acids is 1. The number of hydrogen-bond donors (Lipinski definition) is 0. The lowest BCUT2D eigenvalue weighted by Gasteiger charge is -2.40. The molecule has 2 aromatic rings. The Bertz CT molecular complexity index is 876. The molecule has 1 saturated carbocycles. The maximum atomic E-state index is 10.9. The minimum absolute atomic E-state index is 0.184. The third kappa shape index (κ3) is 2.89. The summed E-state index contributed by atoms with van der Waals surface area (Å²) in [6.07, 6.45) is 5.68. The van der Waals surface area contributed by atoms with E-state index in [0.29, 0.717) is 30.4 Å². The highest BCUT2D eigenvalue weighted by Gasteiger charge is 2.55. The van der Waals surface area contributed by atoms with Gasteiger partial charge in [-0.15, -0.1) is 0 Å². The van der Waals surface area contributed by atoms with E-state index in [1.165, 1.54) is 13.3 Å². The molecule has 5 rings (SSSR count). The Morgan fingerprint density at radius 1 is 1.26 bits per heavy atom. The van der Waals surface area contributed by atoms with E-state index < -0.39 is 0 Å². The smallest absolute Gasteiger partial charge is 0.302 e. The van der Waals surface area contributed by atoms with Gasteiger partial charge >= 0.3 is 5.97 Å². The second kappa shape index (κ2) is 6.32. The molecule has 4 heterocycles. The summed E-state index contributed by atoms with van der Waals surface area (Å²) in [5.41, 5.74) is 1.82. The van der Waals surface area contributed by atoms with E-state index >= 15 is 0 Å². The van der Waals surface area contributed by atoms with Crippen molar-refractivity contribution >= 4 is 28.6 Å². The third-order valence-corrected chi connectivity index (χ3v) is 6.47. The number of anilines is 2. The van der Waals surface area contributed by atoms with Gasteiger partial charge in [-0.3, -0.25) is 9.78 Å². The van der Waals surface area contributed by atoms with Crippen LogP contribution < -0.4 is 9.80 Å². The predicted molar refractivity (Wildman–Crippen MR) is 103 cm³/mol. The van der Waals surface area contributed by atoms with Crippen LogP contribution in [0.1, 0.15) is 26.7 Å². The third-order valence-electron chi connectivity index (χ3n) is 6.47. The highest BCUT2D eigenvalue weighted by atomic mass is 16.5. The Morgan fingerprint density at radius 2 is 2.04 bits per heavy atom. The maximum Gasteiger partial charge on any atom is 0.302 e. The Morgan fingerprint density at radius 3 is 2.70 bits per heavy atom. The van der Waals surface area contributed by atoms with Gasteiger partial charge in [0.05, 0.1) is 12.1 Å². The second-order valence-electron chi connectivity index (χ2n) is 8.08. The highest BCUT2D eigenvalue weighted by Crippen LogP contribution is 2.54. The summed E-state index contributed by atoms with van der Waals surface area (Å²) in [5, 5.41) is 0. The molecule has 0 aromatic carbocycles. The van der Waals surface area contributed by atoms with Gasteiger partial charge in [-0.25, -0.2) is 9.97 Å². The van der Waals surface area contributed by atoms with E-state index in [1.807, 2.05) is 0 Å². The van der Waals surface area contributed by atoms with Gasteiger partial charge in [0.2, 0.25) is 0 Å². The zero-order chi connectivity index (χ0) is 18.5. The van der Waals surface area contributed by atoms with Crippen molar-refractivity contribution in [2.45, 2.75) is 32.7 Å². The molecule has 7 nitrogen and oxygen atoms in total. The number of ether oxygens (including phenoxy) is 1. The molecule has 0 amide bonds. The molecular formula is C20H25N5O2. The van der Waals surface area contributed by atoms with E-state index in [2.05, 4.69) is 32.8 Å². The van der Waals surface area contributed by atoms with Gasteiger partial charge in [0.15, 0.2) is 5.82 Å². The average Bonchev–Trinajstić information content (AvgIpc) is 3.09. The molecule has 0 bridgehead atoms. The molecule has 2 unspecified atom stereocenters. The van der Waals surface area contributed by atoms with Gasteiger partial charge in [-0.2, -0.15) is 0 Å². The Labute approximate surface area is 158 Å². The summed E-state index contributed by atoms with van der Waals surface area (Å²) >= 11 is 0. The predicted octanol–water partition coefficient (Wildman–Crippen LogP) is 2.26. The molecule has 3 aliphatic rings. The van der Waals surface area contributed by atoms with E-state index in [1.54, 1.807) is 12.4 Å². The zero-order valence-electron chi connectivity index (χ0n) is 15.8. The minimum Gasteiger partial charge on any atom is -0.466 e. The fourth-order valence-electron chi connectivity index (χ4n) is 4.74. The van der Waals surface area contributed by atoms with Crippen LogP contribution in [0.2, 0.25) is 0 Å². The lowest BCUT2D eigenvalue weighted by molar-refractivity contribution is -0.141. The summed E-state index contributed by atoms with van der Waals surface area (Å²) in [4.78, 5) is 29.7. The molecule has 2 aliphatic heterocycles. The molecular weight excluding hydrogens is 342 g/mol. The molecule has 1 aliphatic carbocycles. The van der Waals surface area contributed by atoms with Crippen LogP contribution in [0, 0.1) is 17.8 Å². The van der Waals surface area contributed by atoms with Crippen LogP contribution in [0.4, 0.5) is 11.6 Å². The molecule has 0 N–H and O–H groups in total. The number of piperidine rings is 1. The summed E-state index contributed by atoms with van der Waals surface area (Å²) in [5.74, 6) is 3.90. The number of hydrogen-bond acceptors (Lipinski definition) is 7. The van der Waals surface area contributed by atoms with Crippen molar-refractivity contribution in [3.05, 3.63) is 18.5 Å². The van der Waals surface area contributed by atoms with E-state index in [0.717, 1.165) is 48.7 Å². The van der Waals surface area contributed by atoms with Crippen LogP contribution in [0.25, 0.3) is 11.0 Å². The first-order chi connectivity index (χ1) is 13.1. The lowest BCUT2D eigenvalue weighted by atomic mass is 10.1. The summed E-state index contributed by atoms with van der Waals surface area (Å²) in [6.45, 7) is 7.35. The van der Waals surface area contributed by atoms with Crippen LogP contribution in [-0.2, 0) is 9.53 Å². The fourth-order valence-corrected chi connectivity index (χ4v) is 4.74. The van der Waals surface area contributed by atoms with Crippen LogP contribution in [0.15, 0.2) is 18.5 Å². The number of nitrogens with zero attached hydrogens (tertiary/aromatic N) is 5. The standard InChI is InChI=1S/C20H25N5O2/c1-12-3-7-25(12)20-19-17(21-5-6-22-19)9-18(23-20)24-10-15-14(16(15)11-24)4-8-27-13(2)26/h5-6,9,12,14-16H,3-4,7-8,10-11H2,1-2H3/t12?,14?,15-,16+. The van der Waals surface area contributed by atoms with Gasteiger partial charge in [-0.05, 0) is 37.5 Å². The van der Waals surface area contributed by atoms with Crippen molar-refractivity contribution in [2.75, 3.05) is 36.0 Å². The number of rotatable bonds is 5. The molecule has 0 radical (unpaired) electrons. The van der Waals surface area contributed by atoms with Crippen molar-refractivity contribution in [1.29, 1.82) is 0 Å². The summed E-state index contributed by atoms with van der Waals surface area (Å²) < 4.78 is 5.10. The van der Waals surface area contributed by atoms with Crippen LogP contribution in [0.5, 0.6) is 0 Å². The zero-order valence-corrected chi connectivity index (χ0v) is 15.8. The van der Waals surface area contributed by atoms with Gasteiger partial charge in [-0.1, -0.05) is 0 Å². The SMILES string of the molecule is CC(=O)OCCC1[C@H]2CN(c3cc4nccnc4c(N4CCC4C)n3)C[C@@H]12. The molecule has 2 saturated heterocycles. The molecule has 27 heavy (non-hydrogen) atoms. The average molecular weight is 367 g/mol. The first-order valence-electron chi connectivity index (χ1n) is 9.88. The summed E-state index contributed by atoms with van der Waals surface area (Å²) in [7, 11) is 0. The second-order valence-corrected chi connectivity index (χ2v) is 8.08. The lowest BCUT2D eigenvalue weighted by Crippen LogP contribution is -2.46. The van der Waals surface area contributed by atoms with E-state index in [-0.39, 0.29) is 5.97 Å². The monoisotopic (exact) mass is 367 g/mol. The fraction of sp³-hybridized carbons (Fsp3) is 0.600. The normalized spacial score (nSPS) is 28.8. The number of aromatic nitrogens is 3.